The number of halogens is 2. The van der Waals surface area contributed by atoms with E-state index in [0.717, 1.165) is 0 Å². The minimum Gasteiger partial charge on any atom is -0.493 e. The fourth-order valence-electron chi connectivity index (χ4n) is 3.78. The molecule has 2 aliphatic rings. The number of aliphatic hydroxyl groups excluding tert-OH is 1. The number of hydrogen-bond acceptors (Lipinski definition) is 7. The summed E-state index contributed by atoms with van der Waals surface area (Å²) in [7, 11) is 0. The van der Waals surface area contributed by atoms with Crippen molar-refractivity contribution in [1.29, 1.82) is 0 Å². The maximum atomic E-state index is 14.5. The van der Waals surface area contributed by atoms with Gasteiger partial charge in [-0.25, -0.2) is 9.97 Å². The van der Waals surface area contributed by atoms with Crippen LogP contribution in [-0.4, -0.2) is 53.4 Å². The summed E-state index contributed by atoms with van der Waals surface area (Å²) in [6, 6.07) is 5.26. The Kier molecular flexibility index (Phi) is 5.76. The molecule has 0 radical (unpaired) electrons. The van der Waals surface area contributed by atoms with Crippen molar-refractivity contribution in [3.63, 3.8) is 0 Å². The number of aromatic nitrogens is 2. The molecule has 10 heteroatoms. The van der Waals surface area contributed by atoms with Crippen molar-refractivity contribution in [3.05, 3.63) is 35.0 Å². The highest BCUT2D eigenvalue weighted by atomic mass is 19.3. The average Bonchev–Trinajstić information content (AvgIpc) is 3.01. The van der Waals surface area contributed by atoms with E-state index in [9.17, 15) is 18.7 Å². The number of aliphatic hydroxyl groups is 1. The molecule has 1 aromatic carbocycles. The van der Waals surface area contributed by atoms with E-state index in [0.29, 0.717) is 47.8 Å². The van der Waals surface area contributed by atoms with Gasteiger partial charge in [0.15, 0.2) is 0 Å². The number of nitrogens with two attached hydrogens (primary N) is 1. The van der Waals surface area contributed by atoms with Crippen LogP contribution in [0.25, 0.3) is 11.3 Å². The predicted molar refractivity (Wildman–Crippen MR) is 108 cm³/mol. The molecule has 3 N–H and O–H groups in total. The molecule has 166 valence electrons. The molecule has 1 fully saturated rings. The standard InChI is InChI=1S/C21H24F2N4O4/c1-2-31-16-7-12(3-4-13(16)10-30-11-17(24)29)18-15-5-6-21(22,23)19(15)26-20(25-18)27-8-14(28)9-27/h3-4,7,14,28H,2,5-6,8-11H2,1H3,(H2,24,29). The van der Waals surface area contributed by atoms with Crippen LogP contribution in [0.5, 0.6) is 5.75 Å². The number of fused-ring (bicyclic) bond motifs is 1. The number of carbonyl (C=O) groups excluding carboxylic acids is 1. The van der Waals surface area contributed by atoms with Crippen molar-refractivity contribution in [3.8, 4) is 17.0 Å². The molecule has 8 nitrogen and oxygen atoms in total. The number of nitrogens with zero attached hydrogens (tertiary/aromatic N) is 3. The monoisotopic (exact) mass is 434 g/mol. The van der Waals surface area contributed by atoms with Gasteiger partial charge in [0.1, 0.15) is 18.1 Å². The minimum absolute atomic E-state index is 0.120. The van der Waals surface area contributed by atoms with Crippen LogP contribution >= 0.6 is 0 Å². The highest BCUT2D eigenvalue weighted by Crippen LogP contribution is 2.45. The van der Waals surface area contributed by atoms with Gasteiger partial charge >= 0.3 is 0 Å². The van der Waals surface area contributed by atoms with E-state index in [1.54, 1.807) is 23.1 Å². The first-order chi connectivity index (χ1) is 14.8. The molecule has 0 atom stereocenters. The molecule has 1 aliphatic heterocycles. The topological polar surface area (TPSA) is 111 Å². The Bertz CT molecular complexity index is 996. The molecule has 0 unspecified atom stereocenters. The number of alkyl halides is 2. The Balaban J connectivity index is 1.72. The first-order valence-corrected chi connectivity index (χ1v) is 10.1. The number of benzene rings is 1. The van der Waals surface area contributed by atoms with Crippen LogP contribution in [0, 0.1) is 0 Å². The second-order valence-corrected chi connectivity index (χ2v) is 7.68. The van der Waals surface area contributed by atoms with Crippen molar-refractivity contribution >= 4 is 11.9 Å². The Labute approximate surface area is 178 Å². The molecular formula is C21H24F2N4O4. The lowest BCUT2D eigenvalue weighted by molar-refractivity contribution is -0.122. The number of amides is 1. The van der Waals surface area contributed by atoms with Crippen LogP contribution in [0.2, 0.25) is 0 Å². The fraction of sp³-hybridized carbons (Fsp3) is 0.476. The lowest BCUT2D eigenvalue weighted by Crippen LogP contribution is -2.51. The van der Waals surface area contributed by atoms with Gasteiger partial charge < -0.3 is 25.2 Å². The molecule has 1 aliphatic carbocycles. The highest BCUT2D eigenvalue weighted by molar-refractivity contribution is 5.75. The number of primary amides is 1. The van der Waals surface area contributed by atoms with E-state index in [1.165, 1.54) is 0 Å². The van der Waals surface area contributed by atoms with Crippen LogP contribution in [0.15, 0.2) is 18.2 Å². The largest absolute Gasteiger partial charge is 0.493 e. The van der Waals surface area contributed by atoms with E-state index in [2.05, 4.69) is 9.97 Å². The third kappa shape index (κ3) is 4.31. The summed E-state index contributed by atoms with van der Waals surface area (Å²) >= 11 is 0. The number of β-amino-alcohol motifs (C(OH)–C–C–N with tert-alkyl or cyclic N) is 1. The maximum absolute atomic E-state index is 14.5. The zero-order valence-electron chi connectivity index (χ0n) is 17.1. The Morgan fingerprint density at radius 2 is 2.13 bits per heavy atom. The Morgan fingerprint density at radius 1 is 1.35 bits per heavy atom. The molecule has 2 heterocycles. The number of carbonyl (C=O) groups is 1. The third-order valence-electron chi connectivity index (χ3n) is 5.32. The molecule has 0 saturated carbocycles. The summed E-state index contributed by atoms with van der Waals surface area (Å²) < 4.78 is 40.0. The summed E-state index contributed by atoms with van der Waals surface area (Å²) in [5.41, 5.74) is 7.04. The summed E-state index contributed by atoms with van der Waals surface area (Å²) in [5.74, 6) is -2.89. The number of anilines is 1. The zero-order chi connectivity index (χ0) is 22.2. The first-order valence-electron chi connectivity index (χ1n) is 10.1. The van der Waals surface area contributed by atoms with Gasteiger partial charge in [-0.05, 0) is 19.4 Å². The fourth-order valence-corrected chi connectivity index (χ4v) is 3.78. The van der Waals surface area contributed by atoms with Gasteiger partial charge in [0, 0.05) is 36.2 Å². The van der Waals surface area contributed by atoms with Crippen LogP contribution in [0.3, 0.4) is 0 Å². The van der Waals surface area contributed by atoms with Gasteiger partial charge in [0.2, 0.25) is 11.9 Å². The summed E-state index contributed by atoms with van der Waals surface area (Å²) in [6.45, 7) is 2.75. The van der Waals surface area contributed by atoms with E-state index in [1.807, 2.05) is 6.92 Å². The second kappa shape index (κ2) is 8.35. The first kappa shape index (κ1) is 21.4. The van der Waals surface area contributed by atoms with Gasteiger partial charge in [-0.1, -0.05) is 12.1 Å². The van der Waals surface area contributed by atoms with E-state index >= 15 is 0 Å². The number of hydrogen-bond donors (Lipinski definition) is 2. The highest BCUT2D eigenvalue weighted by Gasteiger charge is 2.44. The lowest BCUT2D eigenvalue weighted by Gasteiger charge is -2.36. The summed E-state index contributed by atoms with van der Waals surface area (Å²) in [6.07, 6.45) is -0.647. The van der Waals surface area contributed by atoms with Crippen LogP contribution < -0.4 is 15.4 Å². The second-order valence-electron chi connectivity index (χ2n) is 7.68. The SMILES string of the molecule is CCOc1cc(-c2nc(N3CC(O)C3)nc3c2CCC3(F)F)ccc1COCC(N)=O. The van der Waals surface area contributed by atoms with Gasteiger partial charge in [-0.2, -0.15) is 8.78 Å². The van der Waals surface area contributed by atoms with Gasteiger partial charge in [-0.15, -0.1) is 0 Å². The van der Waals surface area contributed by atoms with Crippen LogP contribution in [-0.2, 0) is 28.5 Å². The molecule has 2 aromatic rings. The maximum Gasteiger partial charge on any atom is 0.290 e. The van der Waals surface area contributed by atoms with Crippen molar-refractivity contribution in [1.82, 2.24) is 9.97 Å². The smallest absolute Gasteiger partial charge is 0.290 e. The third-order valence-corrected chi connectivity index (χ3v) is 5.32. The molecule has 0 bridgehead atoms. The normalized spacial score (nSPS) is 17.4. The molecule has 31 heavy (non-hydrogen) atoms. The van der Waals surface area contributed by atoms with Crippen molar-refractivity contribution in [2.75, 3.05) is 31.2 Å². The van der Waals surface area contributed by atoms with Gasteiger partial charge in [-0.3, -0.25) is 4.79 Å². The van der Waals surface area contributed by atoms with Crippen molar-refractivity contribution < 1.29 is 28.2 Å². The molecule has 1 aromatic heterocycles. The van der Waals surface area contributed by atoms with Crippen molar-refractivity contribution in [2.45, 2.75) is 38.4 Å². The molecule has 0 spiro atoms. The van der Waals surface area contributed by atoms with E-state index in [4.69, 9.17) is 15.2 Å². The summed E-state index contributed by atoms with van der Waals surface area (Å²) in [5, 5.41) is 9.59. The van der Waals surface area contributed by atoms with Gasteiger partial charge in [0.25, 0.3) is 5.92 Å². The molecule has 1 saturated heterocycles. The quantitative estimate of drug-likeness (QED) is 0.651. The molecular weight excluding hydrogens is 410 g/mol. The molecule has 1 amide bonds. The van der Waals surface area contributed by atoms with Crippen LogP contribution in [0.1, 0.15) is 30.2 Å². The molecule has 4 rings (SSSR count). The summed E-state index contributed by atoms with van der Waals surface area (Å²) in [4.78, 5) is 21.3. The average molecular weight is 434 g/mol. The van der Waals surface area contributed by atoms with Gasteiger partial charge in [0.05, 0.1) is 25.0 Å². The lowest BCUT2D eigenvalue weighted by atomic mass is 10.0. The van der Waals surface area contributed by atoms with Crippen molar-refractivity contribution in [2.24, 2.45) is 5.73 Å². The van der Waals surface area contributed by atoms with Crippen LogP contribution in [0.4, 0.5) is 14.7 Å². The van der Waals surface area contributed by atoms with E-state index in [-0.39, 0.29) is 37.7 Å². The number of ether oxygens (including phenoxy) is 2. The Morgan fingerprint density at radius 3 is 2.81 bits per heavy atom. The minimum atomic E-state index is -3.02. The number of rotatable bonds is 8. The van der Waals surface area contributed by atoms with E-state index < -0.39 is 17.9 Å². The predicted octanol–water partition coefficient (Wildman–Crippen LogP) is 1.76. The zero-order valence-corrected chi connectivity index (χ0v) is 17.1. The Hall–Kier alpha value is -2.85.